The summed E-state index contributed by atoms with van der Waals surface area (Å²) in [7, 11) is 0. The fraction of sp³-hybridized carbons (Fsp3) is 0.714. The van der Waals surface area contributed by atoms with Crippen molar-refractivity contribution in [2.45, 2.75) is 107 Å². The predicted octanol–water partition coefficient (Wildman–Crippen LogP) is 7.79. The second kappa shape index (κ2) is 7.92. The van der Waals surface area contributed by atoms with Gasteiger partial charge < -0.3 is 10.2 Å². The molecule has 3 heteroatoms. The Labute approximate surface area is 196 Å². The molecule has 0 saturated heterocycles. The smallest absolute Gasteiger partial charge is 0.0926 e. The van der Waals surface area contributed by atoms with Gasteiger partial charge >= 0.3 is 0 Å². The van der Waals surface area contributed by atoms with Crippen molar-refractivity contribution in [2.24, 2.45) is 21.7 Å². The Kier molecular flexibility index (Phi) is 6.77. The molecule has 0 aliphatic heterocycles. The van der Waals surface area contributed by atoms with Crippen molar-refractivity contribution in [1.82, 2.24) is 0 Å². The topological polar surface area (TPSA) is 40.5 Å². The minimum Gasteiger partial charge on any atom is -0.385 e. The van der Waals surface area contributed by atoms with Crippen molar-refractivity contribution in [3.8, 4) is 0 Å². The third-order valence-electron chi connectivity index (χ3n) is 7.07. The summed E-state index contributed by atoms with van der Waals surface area (Å²) in [5.41, 5.74) is 0.136. The molecule has 2 nitrogen and oxygen atoms in total. The van der Waals surface area contributed by atoms with Gasteiger partial charge in [-0.15, -0.1) is 0 Å². The first-order chi connectivity index (χ1) is 13.6. The zero-order valence-corrected chi connectivity index (χ0v) is 22.8. The second-order valence-corrected chi connectivity index (χ2v) is 14.9. The van der Waals surface area contributed by atoms with E-state index >= 15 is 0 Å². The number of aliphatic hydroxyl groups is 2. The Morgan fingerprint density at radius 2 is 0.903 bits per heavy atom. The molecule has 2 aliphatic rings. The summed E-state index contributed by atoms with van der Waals surface area (Å²) in [5, 5.41) is 23.3. The van der Waals surface area contributed by atoms with Crippen LogP contribution >= 0.6 is 11.8 Å². The molecule has 176 valence electrons. The molecule has 0 radical (unpaired) electrons. The van der Waals surface area contributed by atoms with Crippen LogP contribution in [0.2, 0.25) is 0 Å². The van der Waals surface area contributed by atoms with Crippen LogP contribution in [0.5, 0.6) is 0 Å². The van der Waals surface area contributed by atoms with Gasteiger partial charge in [0.25, 0.3) is 0 Å². The molecule has 0 aromatic rings. The Morgan fingerprint density at radius 1 is 0.613 bits per heavy atom. The van der Waals surface area contributed by atoms with Gasteiger partial charge in [-0.2, -0.15) is 0 Å². The predicted molar refractivity (Wildman–Crippen MR) is 137 cm³/mol. The molecule has 0 saturated carbocycles. The van der Waals surface area contributed by atoms with Crippen molar-refractivity contribution in [2.75, 3.05) is 0 Å². The molecule has 2 N–H and O–H groups in total. The molecular formula is C28H46O2S. The average Bonchev–Trinajstić information content (AvgIpc) is 2.50. The quantitative estimate of drug-likeness (QED) is 0.454. The third-order valence-corrected chi connectivity index (χ3v) is 8.02. The van der Waals surface area contributed by atoms with Crippen molar-refractivity contribution in [3.05, 3.63) is 45.3 Å². The van der Waals surface area contributed by atoms with Crippen molar-refractivity contribution >= 4 is 11.8 Å². The second-order valence-electron chi connectivity index (χ2n) is 13.7. The van der Waals surface area contributed by atoms with Gasteiger partial charge in [-0.3, -0.25) is 0 Å². The highest BCUT2D eigenvalue weighted by Gasteiger charge is 2.44. The molecule has 2 atom stereocenters. The molecule has 0 spiro atoms. The molecule has 0 fully saturated rings. The van der Waals surface area contributed by atoms with Gasteiger partial charge in [0.2, 0.25) is 0 Å². The Hall–Kier alpha value is -0.770. The van der Waals surface area contributed by atoms with Crippen molar-refractivity contribution < 1.29 is 10.2 Å². The number of thioether (sulfide) groups is 1. The summed E-state index contributed by atoms with van der Waals surface area (Å²) in [6.45, 7) is 25.9. The van der Waals surface area contributed by atoms with E-state index in [1.165, 1.54) is 11.1 Å². The number of hydrogen-bond donors (Lipinski definition) is 2. The Morgan fingerprint density at radius 3 is 1.13 bits per heavy atom. The Bertz CT molecular complexity index is 758. The van der Waals surface area contributed by atoms with Crippen molar-refractivity contribution in [3.63, 3.8) is 0 Å². The minimum atomic E-state index is -0.904. The van der Waals surface area contributed by atoms with E-state index < -0.39 is 11.2 Å². The Balaban J connectivity index is 2.58. The average molecular weight is 447 g/mol. The van der Waals surface area contributed by atoms with Crippen LogP contribution in [0.3, 0.4) is 0 Å². The highest BCUT2D eigenvalue weighted by Crippen LogP contribution is 2.51. The van der Waals surface area contributed by atoms with E-state index in [1.54, 1.807) is 11.8 Å². The zero-order valence-electron chi connectivity index (χ0n) is 22.0. The highest BCUT2D eigenvalue weighted by atomic mass is 32.2. The molecule has 0 heterocycles. The van der Waals surface area contributed by atoms with Gasteiger partial charge in [-0.05, 0) is 46.0 Å². The lowest BCUT2D eigenvalue weighted by Crippen LogP contribution is -2.44. The first-order valence-corrected chi connectivity index (χ1v) is 12.4. The molecule has 0 bridgehead atoms. The van der Waals surface area contributed by atoms with Gasteiger partial charge in [0.1, 0.15) is 0 Å². The SMILES string of the molecule is CC(C)(C)C1=CC(SC2=CC(O)(C(C)(C)C)CC(C(C)(C)C)=C2)=CC(O)(C(C)(C)C)C1. The van der Waals surface area contributed by atoms with Gasteiger partial charge in [0, 0.05) is 22.7 Å². The van der Waals surface area contributed by atoms with Crippen LogP contribution in [-0.2, 0) is 0 Å². The van der Waals surface area contributed by atoms with E-state index in [2.05, 4.69) is 95.2 Å². The van der Waals surface area contributed by atoms with Gasteiger partial charge in [-0.25, -0.2) is 0 Å². The van der Waals surface area contributed by atoms with E-state index in [4.69, 9.17) is 0 Å². The van der Waals surface area contributed by atoms with E-state index in [0.717, 1.165) is 9.81 Å². The first kappa shape index (κ1) is 26.5. The van der Waals surface area contributed by atoms with Crippen LogP contribution in [0.15, 0.2) is 45.3 Å². The molecule has 31 heavy (non-hydrogen) atoms. The lowest BCUT2D eigenvalue weighted by molar-refractivity contribution is -0.0177. The molecule has 0 amide bonds. The summed E-state index contributed by atoms with van der Waals surface area (Å²) < 4.78 is 0. The molecule has 2 aliphatic carbocycles. The highest BCUT2D eigenvalue weighted by molar-refractivity contribution is 8.07. The molecule has 2 rings (SSSR count). The number of rotatable bonds is 2. The van der Waals surface area contributed by atoms with E-state index in [0.29, 0.717) is 12.8 Å². The molecule has 0 aromatic carbocycles. The fourth-order valence-electron chi connectivity index (χ4n) is 3.86. The largest absolute Gasteiger partial charge is 0.385 e. The van der Waals surface area contributed by atoms with Crippen LogP contribution in [-0.4, -0.2) is 21.4 Å². The summed E-state index contributed by atoms with van der Waals surface area (Å²) in [6.07, 6.45) is 9.89. The monoisotopic (exact) mass is 446 g/mol. The lowest BCUT2D eigenvalue weighted by Gasteiger charge is -2.44. The summed E-state index contributed by atoms with van der Waals surface area (Å²) in [6, 6.07) is 0. The van der Waals surface area contributed by atoms with Gasteiger partial charge in [0.05, 0.1) is 11.2 Å². The lowest BCUT2D eigenvalue weighted by atomic mass is 9.67. The van der Waals surface area contributed by atoms with Crippen LogP contribution in [0.4, 0.5) is 0 Å². The normalized spacial score (nSPS) is 28.6. The summed E-state index contributed by atoms with van der Waals surface area (Å²) in [5.74, 6) is 0. The maximum absolute atomic E-state index is 11.6. The zero-order chi connectivity index (χ0) is 24.3. The molecular weight excluding hydrogens is 400 g/mol. The maximum atomic E-state index is 11.6. The van der Waals surface area contributed by atoms with Gasteiger partial charge in [0.15, 0.2) is 0 Å². The van der Waals surface area contributed by atoms with Crippen LogP contribution < -0.4 is 0 Å². The van der Waals surface area contributed by atoms with E-state index in [-0.39, 0.29) is 21.7 Å². The molecule has 2 unspecified atom stereocenters. The van der Waals surface area contributed by atoms with Crippen LogP contribution in [0.1, 0.15) is 95.9 Å². The van der Waals surface area contributed by atoms with E-state index in [1.807, 2.05) is 12.2 Å². The maximum Gasteiger partial charge on any atom is 0.0926 e. The number of allylic oxidation sites excluding steroid dienone is 2. The van der Waals surface area contributed by atoms with Crippen LogP contribution in [0, 0.1) is 21.7 Å². The summed E-state index contributed by atoms with van der Waals surface area (Å²) >= 11 is 1.67. The van der Waals surface area contributed by atoms with Crippen molar-refractivity contribution in [1.29, 1.82) is 0 Å². The fourth-order valence-corrected chi connectivity index (χ4v) is 5.05. The molecule has 0 aromatic heterocycles. The number of hydrogen-bond acceptors (Lipinski definition) is 3. The summed E-state index contributed by atoms with van der Waals surface area (Å²) in [4.78, 5) is 2.12. The third kappa shape index (κ3) is 5.78. The standard InChI is InChI=1S/C28H46O2S/c1-23(2,3)19-13-21(17-27(29,15-19)25(7,8)9)31-22-14-20(24(4,5)6)16-28(30,18-22)26(10,11)12/h13-14,17-18,29-30H,15-16H2,1-12H3. The minimum absolute atomic E-state index is 0.0151. The van der Waals surface area contributed by atoms with E-state index in [9.17, 15) is 10.2 Å². The van der Waals surface area contributed by atoms with Gasteiger partial charge in [-0.1, -0.05) is 106 Å². The van der Waals surface area contributed by atoms with Crippen LogP contribution in [0.25, 0.3) is 0 Å². The first-order valence-electron chi connectivity index (χ1n) is 11.6.